The zero-order valence-corrected chi connectivity index (χ0v) is 15.0. The summed E-state index contributed by atoms with van der Waals surface area (Å²) in [5.74, 6) is 0. The quantitative estimate of drug-likeness (QED) is 0.515. The van der Waals surface area contributed by atoms with Gasteiger partial charge in [-0.3, -0.25) is 4.90 Å². The van der Waals surface area contributed by atoms with Crippen LogP contribution in [0.4, 0.5) is 0 Å². The first-order valence-corrected chi connectivity index (χ1v) is 9.15. The molecule has 3 unspecified atom stereocenters. The van der Waals surface area contributed by atoms with Gasteiger partial charge in [0.05, 0.1) is 0 Å². The van der Waals surface area contributed by atoms with Crippen LogP contribution in [0.1, 0.15) is 99.3 Å². The van der Waals surface area contributed by atoms with E-state index in [1.165, 1.54) is 57.8 Å². The Labute approximate surface area is 128 Å². The van der Waals surface area contributed by atoms with Gasteiger partial charge >= 0.3 is 0 Å². The molecule has 0 aromatic heterocycles. The monoisotopic (exact) mass is 281 g/mol. The summed E-state index contributed by atoms with van der Waals surface area (Å²) in [6, 6.07) is 2.31. The van der Waals surface area contributed by atoms with E-state index in [0.29, 0.717) is 5.41 Å². The Bertz CT molecular complexity index is 243. The molecule has 0 bridgehead atoms. The van der Waals surface area contributed by atoms with Crippen LogP contribution in [0.3, 0.4) is 0 Å². The number of piperidine rings is 1. The van der Waals surface area contributed by atoms with Crippen LogP contribution < -0.4 is 0 Å². The van der Waals surface area contributed by atoms with Gasteiger partial charge in [0.1, 0.15) is 0 Å². The minimum absolute atomic E-state index is 0.407. The Morgan fingerprint density at radius 2 is 1.50 bits per heavy atom. The number of likely N-dealkylation sites (tertiary alicyclic amines) is 1. The van der Waals surface area contributed by atoms with Crippen molar-refractivity contribution in [3.8, 4) is 0 Å². The largest absolute Gasteiger partial charge is 0.295 e. The molecule has 0 saturated carbocycles. The molecule has 1 rings (SSSR count). The van der Waals surface area contributed by atoms with Gasteiger partial charge in [0.25, 0.3) is 0 Å². The van der Waals surface area contributed by atoms with E-state index in [9.17, 15) is 0 Å². The molecule has 1 fully saturated rings. The molecule has 0 spiro atoms. The highest BCUT2D eigenvalue weighted by atomic mass is 15.2. The maximum Gasteiger partial charge on any atom is 0.0149 e. The second-order valence-electron chi connectivity index (χ2n) is 8.16. The molecule has 0 N–H and O–H groups in total. The van der Waals surface area contributed by atoms with E-state index in [-0.39, 0.29) is 0 Å². The van der Waals surface area contributed by atoms with Crippen molar-refractivity contribution >= 4 is 0 Å². The fourth-order valence-electron chi connectivity index (χ4n) is 4.03. The van der Waals surface area contributed by atoms with Gasteiger partial charge in [-0.15, -0.1) is 0 Å². The molecule has 0 aromatic carbocycles. The highest BCUT2D eigenvalue weighted by Crippen LogP contribution is 2.35. The zero-order chi connectivity index (χ0) is 15.2. The van der Waals surface area contributed by atoms with E-state index >= 15 is 0 Å². The normalized spacial score (nSPS) is 26.7. The Morgan fingerprint density at radius 3 is 2.00 bits per heavy atom. The van der Waals surface area contributed by atoms with Crippen LogP contribution in [0.5, 0.6) is 0 Å². The van der Waals surface area contributed by atoms with Crippen molar-refractivity contribution in [2.75, 3.05) is 0 Å². The molecule has 0 radical (unpaired) electrons. The topological polar surface area (TPSA) is 3.24 Å². The molecule has 1 heteroatoms. The van der Waals surface area contributed by atoms with E-state index in [2.05, 4.69) is 46.4 Å². The van der Waals surface area contributed by atoms with E-state index < -0.39 is 0 Å². The molecule has 0 aliphatic carbocycles. The predicted octanol–water partition coefficient (Wildman–Crippen LogP) is 6.02. The smallest absolute Gasteiger partial charge is 0.0149 e. The molecule has 1 aliphatic rings. The molecule has 1 aliphatic heterocycles. The third kappa shape index (κ3) is 5.39. The van der Waals surface area contributed by atoms with Crippen LogP contribution in [0, 0.1) is 5.41 Å². The Morgan fingerprint density at radius 1 is 0.950 bits per heavy atom. The molecule has 0 aromatic rings. The van der Waals surface area contributed by atoms with Gasteiger partial charge in [-0.05, 0) is 38.5 Å². The molecular weight excluding hydrogens is 242 g/mol. The molecule has 3 atom stereocenters. The van der Waals surface area contributed by atoms with Crippen molar-refractivity contribution in [2.24, 2.45) is 5.41 Å². The van der Waals surface area contributed by atoms with Crippen molar-refractivity contribution in [3.05, 3.63) is 0 Å². The van der Waals surface area contributed by atoms with Gasteiger partial charge < -0.3 is 0 Å². The number of nitrogens with zero attached hydrogens (tertiary/aromatic N) is 1. The minimum Gasteiger partial charge on any atom is -0.295 e. The summed E-state index contributed by atoms with van der Waals surface area (Å²) in [6.07, 6.45) is 12.6. The van der Waals surface area contributed by atoms with Gasteiger partial charge in [-0.25, -0.2) is 0 Å². The maximum absolute atomic E-state index is 2.86. The van der Waals surface area contributed by atoms with Gasteiger partial charge in [0.15, 0.2) is 0 Å². The Balaban J connectivity index is 2.59. The third-order valence-electron chi connectivity index (χ3n) is 5.20. The lowest BCUT2D eigenvalue weighted by Crippen LogP contribution is -2.54. The fourth-order valence-corrected chi connectivity index (χ4v) is 4.03. The van der Waals surface area contributed by atoms with E-state index in [4.69, 9.17) is 0 Å². The number of hydrogen-bond acceptors (Lipinski definition) is 1. The van der Waals surface area contributed by atoms with Crippen molar-refractivity contribution in [1.82, 2.24) is 4.90 Å². The SMILES string of the molecule is CCCCCCCC(N1C(C)CCCC1C)C(C)(C)C. The summed E-state index contributed by atoms with van der Waals surface area (Å²) in [7, 11) is 0. The van der Waals surface area contributed by atoms with Crippen LogP contribution in [-0.4, -0.2) is 23.0 Å². The van der Waals surface area contributed by atoms with Gasteiger partial charge in [0.2, 0.25) is 0 Å². The molecule has 120 valence electrons. The second-order valence-corrected chi connectivity index (χ2v) is 8.16. The first-order valence-electron chi connectivity index (χ1n) is 9.15. The van der Waals surface area contributed by atoms with Crippen molar-refractivity contribution in [2.45, 2.75) is 117 Å². The van der Waals surface area contributed by atoms with Crippen LogP contribution in [0.25, 0.3) is 0 Å². The fraction of sp³-hybridized carbons (Fsp3) is 1.00. The second kappa shape index (κ2) is 8.41. The van der Waals surface area contributed by atoms with Crippen LogP contribution in [0.15, 0.2) is 0 Å². The maximum atomic E-state index is 2.86. The molecular formula is C19H39N. The van der Waals surface area contributed by atoms with Gasteiger partial charge in [-0.2, -0.15) is 0 Å². The summed E-state index contributed by atoms with van der Waals surface area (Å²) >= 11 is 0. The Hall–Kier alpha value is -0.0400. The average molecular weight is 282 g/mol. The standard InChI is InChI=1S/C19H39N/c1-7-8-9-10-11-15-18(19(4,5)6)20-16(2)13-12-14-17(20)3/h16-18H,7-15H2,1-6H3. The Kier molecular flexibility index (Phi) is 7.58. The first kappa shape index (κ1) is 18.0. The van der Waals surface area contributed by atoms with Crippen molar-refractivity contribution < 1.29 is 0 Å². The summed E-state index contributed by atoms with van der Waals surface area (Å²) in [5.41, 5.74) is 0.407. The lowest BCUT2D eigenvalue weighted by atomic mass is 9.79. The molecule has 1 heterocycles. The zero-order valence-electron chi connectivity index (χ0n) is 15.0. The summed E-state index contributed by atoms with van der Waals surface area (Å²) < 4.78 is 0. The van der Waals surface area contributed by atoms with Crippen LogP contribution >= 0.6 is 0 Å². The highest BCUT2D eigenvalue weighted by molar-refractivity contribution is 4.91. The summed E-state index contributed by atoms with van der Waals surface area (Å²) in [5, 5.41) is 0. The highest BCUT2D eigenvalue weighted by Gasteiger charge is 2.36. The predicted molar refractivity (Wildman–Crippen MR) is 91.2 cm³/mol. The molecule has 20 heavy (non-hydrogen) atoms. The van der Waals surface area contributed by atoms with E-state index in [1.54, 1.807) is 0 Å². The lowest BCUT2D eigenvalue weighted by molar-refractivity contribution is -0.00197. The van der Waals surface area contributed by atoms with Crippen LogP contribution in [-0.2, 0) is 0 Å². The summed E-state index contributed by atoms with van der Waals surface area (Å²) in [6.45, 7) is 14.5. The minimum atomic E-state index is 0.407. The molecule has 1 saturated heterocycles. The number of unbranched alkanes of at least 4 members (excludes halogenated alkanes) is 4. The first-order chi connectivity index (χ1) is 9.38. The van der Waals surface area contributed by atoms with Crippen molar-refractivity contribution in [3.63, 3.8) is 0 Å². The number of rotatable bonds is 7. The van der Waals surface area contributed by atoms with Gasteiger partial charge in [0, 0.05) is 18.1 Å². The third-order valence-corrected chi connectivity index (χ3v) is 5.20. The van der Waals surface area contributed by atoms with Crippen molar-refractivity contribution in [1.29, 1.82) is 0 Å². The summed E-state index contributed by atoms with van der Waals surface area (Å²) in [4.78, 5) is 2.86. The lowest BCUT2D eigenvalue weighted by Gasteiger charge is -2.49. The average Bonchev–Trinajstić information content (AvgIpc) is 2.34. The van der Waals surface area contributed by atoms with Crippen LogP contribution in [0.2, 0.25) is 0 Å². The molecule has 1 nitrogen and oxygen atoms in total. The van der Waals surface area contributed by atoms with Gasteiger partial charge in [-0.1, -0.05) is 66.2 Å². The number of hydrogen-bond donors (Lipinski definition) is 0. The van der Waals surface area contributed by atoms with E-state index in [0.717, 1.165) is 18.1 Å². The molecule has 0 amide bonds. The van der Waals surface area contributed by atoms with E-state index in [1.807, 2.05) is 0 Å².